The topological polar surface area (TPSA) is 110 Å². The number of rotatable bonds is 4. The molecule has 0 aromatic heterocycles. The molecule has 5 aliphatic rings. The van der Waals surface area contributed by atoms with Crippen molar-refractivity contribution >= 4 is 34.8 Å². The summed E-state index contributed by atoms with van der Waals surface area (Å²) in [6.45, 7) is 0. The van der Waals surface area contributed by atoms with Crippen LogP contribution in [-0.4, -0.2) is 22.6 Å². The van der Waals surface area contributed by atoms with E-state index < -0.39 is 4.92 Å². The first-order valence-corrected chi connectivity index (χ1v) is 10.7. The zero-order valence-electron chi connectivity index (χ0n) is 16.9. The summed E-state index contributed by atoms with van der Waals surface area (Å²) >= 11 is 0. The van der Waals surface area contributed by atoms with Crippen molar-refractivity contribution in [3.8, 4) is 0 Å². The SMILES string of the molecule is O=C(Nc1ccc([N+](=O)[O-])cc1)c1ccc(N2C(=O)[C@@H]3[C@H]4C=C[C@@H]([C@@H]5C[C@H]45)[C@@H]3C2=O)cc1. The third-order valence-electron chi connectivity index (χ3n) is 7.39. The fourth-order valence-corrected chi connectivity index (χ4v) is 5.84. The molecule has 160 valence electrons. The molecular formula is C24H19N3O5. The van der Waals surface area contributed by atoms with Crippen molar-refractivity contribution in [3.05, 3.63) is 76.4 Å². The molecule has 2 aromatic rings. The predicted octanol–water partition coefficient (Wildman–Crippen LogP) is 3.40. The maximum Gasteiger partial charge on any atom is 0.269 e. The monoisotopic (exact) mass is 429 g/mol. The fourth-order valence-electron chi connectivity index (χ4n) is 5.84. The van der Waals surface area contributed by atoms with Crippen molar-refractivity contribution in [1.29, 1.82) is 0 Å². The van der Waals surface area contributed by atoms with Crippen LogP contribution in [0.2, 0.25) is 0 Å². The number of anilines is 2. The lowest BCUT2D eigenvalue weighted by molar-refractivity contribution is -0.384. The average molecular weight is 429 g/mol. The molecule has 4 aliphatic carbocycles. The number of nitro groups is 1. The molecule has 2 aromatic carbocycles. The summed E-state index contributed by atoms with van der Waals surface area (Å²) in [5.41, 5.74) is 1.20. The molecule has 3 amide bonds. The minimum atomic E-state index is -0.508. The third-order valence-corrected chi connectivity index (χ3v) is 7.39. The van der Waals surface area contributed by atoms with E-state index in [0.29, 0.717) is 28.8 Å². The van der Waals surface area contributed by atoms with Crippen molar-refractivity contribution < 1.29 is 19.3 Å². The second-order valence-corrected chi connectivity index (χ2v) is 8.97. The second kappa shape index (κ2) is 6.59. The smallest absolute Gasteiger partial charge is 0.269 e. The number of benzene rings is 2. The molecule has 1 saturated heterocycles. The maximum absolute atomic E-state index is 13.2. The van der Waals surface area contributed by atoms with Crippen LogP contribution in [0.3, 0.4) is 0 Å². The first-order chi connectivity index (χ1) is 15.4. The van der Waals surface area contributed by atoms with Crippen LogP contribution in [0.4, 0.5) is 17.1 Å². The summed E-state index contributed by atoms with van der Waals surface area (Å²) in [4.78, 5) is 50.4. The van der Waals surface area contributed by atoms with Crippen LogP contribution in [0.25, 0.3) is 0 Å². The van der Waals surface area contributed by atoms with Crippen molar-refractivity contribution in [1.82, 2.24) is 0 Å². The molecule has 0 spiro atoms. The molecule has 1 N–H and O–H groups in total. The second-order valence-electron chi connectivity index (χ2n) is 8.97. The van der Waals surface area contributed by atoms with Gasteiger partial charge in [0, 0.05) is 23.4 Å². The Balaban J connectivity index is 1.19. The van der Waals surface area contributed by atoms with E-state index in [2.05, 4.69) is 17.5 Å². The highest BCUT2D eigenvalue weighted by Crippen LogP contribution is 2.65. The molecular weight excluding hydrogens is 410 g/mol. The fraction of sp³-hybridized carbons (Fsp3) is 0.292. The Kier molecular flexibility index (Phi) is 3.90. The lowest BCUT2D eigenvalue weighted by Gasteiger charge is -2.37. The van der Waals surface area contributed by atoms with Gasteiger partial charge in [0.25, 0.3) is 11.6 Å². The van der Waals surface area contributed by atoms with Crippen LogP contribution in [0, 0.1) is 45.6 Å². The summed E-state index contributed by atoms with van der Waals surface area (Å²) in [6.07, 6.45) is 5.40. The predicted molar refractivity (Wildman–Crippen MR) is 115 cm³/mol. The van der Waals surface area contributed by atoms with Gasteiger partial charge in [-0.05, 0) is 66.5 Å². The van der Waals surface area contributed by atoms with Gasteiger partial charge in [-0.2, -0.15) is 0 Å². The molecule has 1 heterocycles. The Morgan fingerprint density at radius 1 is 0.906 bits per heavy atom. The van der Waals surface area contributed by atoms with Gasteiger partial charge in [0.15, 0.2) is 0 Å². The lowest BCUT2D eigenvalue weighted by Crippen LogP contribution is -2.40. The molecule has 0 radical (unpaired) electrons. The minimum Gasteiger partial charge on any atom is -0.322 e. The number of nitrogens with one attached hydrogen (secondary N) is 1. The molecule has 0 unspecified atom stereocenters. The third kappa shape index (κ3) is 2.65. The number of non-ortho nitro benzene ring substituents is 1. The number of hydrogen-bond donors (Lipinski definition) is 1. The van der Waals surface area contributed by atoms with Crippen LogP contribution < -0.4 is 10.2 Å². The standard InChI is InChI=1S/C24H19N3O5/c28-22(25-13-3-7-15(8-4-13)27(31)32)12-1-5-14(6-2-12)26-23(29)20-16-9-10-17(19-11-18(16)19)21(20)24(26)30/h1-10,16-21H,11H2,(H,25,28)/t16-,17-,18-,19+,20-,21+/m0/s1. The molecule has 3 fully saturated rings. The zero-order chi connectivity index (χ0) is 22.1. The number of allylic oxidation sites excluding steroid dienone is 2. The molecule has 32 heavy (non-hydrogen) atoms. The molecule has 2 bridgehead atoms. The normalized spacial score (nSPS) is 31.3. The van der Waals surface area contributed by atoms with Crippen molar-refractivity contribution in [2.45, 2.75) is 6.42 Å². The van der Waals surface area contributed by atoms with Crippen LogP contribution in [0.1, 0.15) is 16.8 Å². The van der Waals surface area contributed by atoms with E-state index in [9.17, 15) is 24.5 Å². The first kappa shape index (κ1) is 18.9. The highest BCUT2D eigenvalue weighted by atomic mass is 16.6. The first-order valence-electron chi connectivity index (χ1n) is 10.7. The number of nitro benzene ring substituents is 1. The van der Waals surface area contributed by atoms with Crippen LogP contribution >= 0.6 is 0 Å². The molecule has 6 atom stereocenters. The summed E-state index contributed by atoms with van der Waals surface area (Å²) in [5, 5.41) is 13.4. The number of hydrogen-bond acceptors (Lipinski definition) is 5. The lowest BCUT2D eigenvalue weighted by atomic mass is 9.63. The van der Waals surface area contributed by atoms with Crippen LogP contribution in [0.5, 0.6) is 0 Å². The Morgan fingerprint density at radius 2 is 1.47 bits per heavy atom. The number of amides is 3. The Hall–Kier alpha value is -3.81. The van der Waals surface area contributed by atoms with Gasteiger partial charge >= 0.3 is 0 Å². The molecule has 8 nitrogen and oxygen atoms in total. The quantitative estimate of drug-likeness (QED) is 0.347. The van der Waals surface area contributed by atoms with E-state index in [4.69, 9.17) is 0 Å². The molecule has 7 rings (SSSR count). The van der Waals surface area contributed by atoms with Gasteiger partial charge in [-0.25, -0.2) is 0 Å². The summed E-state index contributed by atoms with van der Waals surface area (Å²) in [7, 11) is 0. The number of carbonyl (C=O) groups is 3. The van der Waals surface area contributed by atoms with Gasteiger partial charge in [0.2, 0.25) is 11.8 Å². The summed E-state index contributed by atoms with van der Waals surface area (Å²) < 4.78 is 0. The van der Waals surface area contributed by atoms with Gasteiger partial charge in [-0.3, -0.25) is 29.4 Å². The maximum atomic E-state index is 13.2. The Labute approximate surface area is 183 Å². The largest absolute Gasteiger partial charge is 0.322 e. The Morgan fingerprint density at radius 3 is 2.00 bits per heavy atom. The number of nitrogens with zero attached hydrogens (tertiary/aromatic N) is 2. The van der Waals surface area contributed by atoms with E-state index in [1.807, 2.05) is 0 Å². The van der Waals surface area contributed by atoms with E-state index in [-0.39, 0.29) is 47.1 Å². The van der Waals surface area contributed by atoms with E-state index >= 15 is 0 Å². The van der Waals surface area contributed by atoms with Gasteiger partial charge in [0.05, 0.1) is 22.4 Å². The highest BCUT2D eigenvalue weighted by molar-refractivity contribution is 6.22. The van der Waals surface area contributed by atoms with Crippen molar-refractivity contribution in [2.75, 3.05) is 10.2 Å². The Bertz CT molecular complexity index is 1170. The summed E-state index contributed by atoms with van der Waals surface area (Å²) in [5.74, 6) is 0.270. The van der Waals surface area contributed by atoms with Gasteiger partial charge < -0.3 is 5.32 Å². The molecule has 2 saturated carbocycles. The van der Waals surface area contributed by atoms with Crippen molar-refractivity contribution in [3.63, 3.8) is 0 Å². The van der Waals surface area contributed by atoms with E-state index in [1.165, 1.54) is 29.2 Å². The zero-order valence-corrected chi connectivity index (χ0v) is 16.9. The molecule has 1 aliphatic heterocycles. The number of imide groups is 1. The summed E-state index contributed by atoms with van der Waals surface area (Å²) in [6, 6.07) is 11.9. The number of carbonyl (C=O) groups excluding carboxylic acids is 3. The van der Waals surface area contributed by atoms with Gasteiger partial charge in [-0.15, -0.1) is 0 Å². The van der Waals surface area contributed by atoms with Gasteiger partial charge in [0.1, 0.15) is 0 Å². The van der Waals surface area contributed by atoms with Crippen LogP contribution in [-0.2, 0) is 9.59 Å². The highest BCUT2D eigenvalue weighted by Gasteiger charge is 2.67. The average Bonchev–Trinajstić information content (AvgIpc) is 3.58. The minimum absolute atomic E-state index is 0.0613. The van der Waals surface area contributed by atoms with E-state index in [0.717, 1.165) is 6.42 Å². The van der Waals surface area contributed by atoms with Crippen LogP contribution in [0.15, 0.2) is 60.7 Å². The van der Waals surface area contributed by atoms with Crippen molar-refractivity contribution in [2.24, 2.45) is 35.5 Å². The van der Waals surface area contributed by atoms with E-state index in [1.54, 1.807) is 24.3 Å². The molecule has 8 heteroatoms. The van der Waals surface area contributed by atoms with Gasteiger partial charge in [-0.1, -0.05) is 12.2 Å².